The maximum Gasteiger partial charge on any atom is 0.104 e. The van der Waals surface area contributed by atoms with E-state index in [1.54, 1.807) is 0 Å². The molecule has 0 saturated carbocycles. The molecule has 28 heavy (non-hydrogen) atoms. The van der Waals surface area contributed by atoms with Crippen LogP contribution in [0.3, 0.4) is 0 Å². The average Bonchev–Trinajstić information content (AvgIpc) is 2.70. The van der Waals surface area contributed by atoms with E-state index in [2.05, 4.69) is 19.2 Å². The third-order valence-electron chi connectivity index (χ3n) is 5.99. The van der Waals surface area contributed by atoms with Crippen LogP contribution in [-0.2, 0) is 0 Å². The molecule has 2 N–H and O–H groups in total. The van der Waals surface area contributed by atoms with Gasteiger partial charge in [-0.3, -0.25) is 5.32 Å². The SMILES string of the molecule is CCCCCCCCCCCCCC(O)NCCCCCCCCCCCC. The number of hydrogen-bond acceptors (Lipinski definition) is 2. The van der Waals surface area contributed by atoms with E-state index in [0.717, 1.165) is 13.0 Å². The third-order valence-corrected chi connectivity index (χ3v) is 5.99. The summed E-state index contributed by atoms with van der Waals surface area (Å²) in [4.78, 5) is 0. The molecule has 2 heteroatoms. The lowest BCUT2D eigenvalue weighted by Crippen LogP contribution is -2.29. The van der Waals surface area contributed by atoms with Crippen molar-refractivity contribution in [3.8, 4) is 0 Å². The highest BCUT2D eigenvalue weighted by atomic mass is 16.3. The van der Waals surface area contributed by atoms with Gasteiger partial charge in [-0.2, -0.15) is 0 Å². The Morgan fingerprint density at radius 2 is 0.786 bits per heavy atom. The summed E-state index contributed by atoms with van der Waals surface area (Å²) in [5, 5.41) is 13.3. The standard InChI is InChI=1S/C26H55NO/c1-3-5-7-9-11-13-15-16-18-20-22-24-26(28)27-25-23-21-19-17-14-12-10-8-6-4-2/h26-28H,3-25H2,1-2H3. The van der Waals surface area contributed by atoms with E-state index >= 15 is 0 Å². The highest BCUT2D eigenvalue weighted by Crippen LogP contribution is 2.13. The molecule has 0 aromatic heterocycles. The Labute approximate surface area is 178 Å². The minimum atomic E-state index is -0.280. The van der Waals surface area contributed by atoms with Gasteiger partial charge in [0.1, 0.15) is 6.23 Å². The van der Waals surface area contributed by atoms with Crippen LogP contribution in [0.25, 0.3) is 0 Å². The maximum absolute atomic E-state index is 10.0. The zero-order valence-electron chi connectivity index (χ0n) is 19.8. The Bertz CT molecular complexity index is 243. The quantitative estimate of drug-likeness (QED) is 0.126. The molecule has 0 spiro atoms. The molecule has 0 amide bonds. The molecule has 0 aromatic rings. The Hall–Kier alpha value is -0.0800. The van der Waals surface area contributed by atoms with Gasteiger partial charge in [-0.05, 0) is 25.8 Å². The zero-order valence-corrected chi connectivity index (χ0v) is 19.8. The smallest absolute Gasteiger partial charge is 0.104 e. The van der Waals surface area contributed by atoms with E-state index in [0.29, 0.717) is 0 Å². The molecule has 170 valence electrons. The Kier molecular flexibility index (Phi) is 24.9. The molecule has 2 nitrogen and oxygen atoms in total. The second-order valence-corrected chi connectivity index (χ2v) is 8.98. The van der Waals surface area contributed by atoms with Gasteiger partial charge in [0.05, 0.1) is 0 Å². The Morgan fingerprint density at radius 1 is 0.464 bits per heavy atom. The fraction of sp³-hybridized carbons (Fsp3) is 1.00. The number of hydrogen-bond donors (Lipinski definition) is 2. The summed E-state index contributed by atoms with van der Waals surface area (Å²) in [6.45, 7) is 5.54. The third kappa shape index (κ3) is 24.0. The van der Waals surface area contributed by atoms with Crippen LogP contribution >= 0.6 is 0 Å². The molecule has 0 aliphatic heterocycles. The molecule has 0 aliphatic rings. The van der Waals surface area contributed by atoms with E-state index in [4.69, 9.17) is 0 Å². The molecular formula is C26H55NO. The van der Waals surface area contributed by atoms with Crippen molar-refractivity contribution < 1.29 is 5.11 Å². The van der Waals surface area contributed by atoms with Crippen LogP contribution in [0.4, 0.5) is 0 Å². The molecule has 0 bridgehead atoms. The van der Waals surface area contributed by atoms with Crippen LogP contribution in [0, 0.1) is 0 Å². The van der Waals surface area contributed by atoms with Gasteiger partial charge >= 0.3 is 0 Å². The molecule has 0 saturated heterocycles. The van der Waals surface area contributed by atoms with Crippen LogP contribution < -0.4 is 5.32 Å². The summed E-state index contributed by atoms with van der Waals surface area (Å²) in [5.74, 6) is 0. The minimum absolute atomic E-state index is 0.280. The number of aliphatic hydroxyl groups is 1. The lowest BCUT2D eigenvalue weighted by Gasteiger charge is -2.12. The maximum atomic E-state index is 10.0. The fourth-order valence-electron chi connectivity index (χ4n) is 3.99. The summed E-state index contributed by atoms with van der Waals surface area (Å²) >= 11 is 0. The topological polar surface area (TPSA) is 32.3 Å². The predicted octanol–water partition coefficient (Wildman–Crippen LogP) is 8.52. The van der Waals surface area contributed by atoms with Crippen molar-refractivity contribution in [2.45, 2.75) is 161 Å². The van der Waals surface area contributed by atoms with Gasteiger partial charge in [-0.25, -0.2) is 0 Å². The van der Waals surface area contributed by atoms with Crippen molar-refractivity contribution in [1.82, 2.24) is 5.32 Å². The van der Waals surface area contributed by atoms with Crippen molar-refractivity contribution >= 4 is 0 Å². The van der Waals surface area contributed by atoms with Gasteiger partial charge in [0.25, 0.3) is 0 Å². The van der Waals surface area contributed by atoms with Crippen molar-refractivity contribution in [2.75, 3.05) is 6.54 Å². The van der Waals surface area contributed by atoms with Gasteiger partial charge in [0, 0.05) is 0 Å². The zero-order chi connectivity index (χ0) is 20.5. The van der Waals surface area contributed by atoms with Crippen LogP contribution in [0.15, 0.2) is 0 Å². The van der Waals surface area contributed by atoms with Crippen LogP contribution in [-0.4, -0.2) is 17.9 Å². The molecular weight excluding hydrogens is 342 g/mol. The number of rotatable bonds is 24. The van der Waals surface area contributed by atoms with Gasteiger partial charge in [-0.15, -0.1) is 0 Å². The molecule has 0 radical (unpaired) electrons. The van der Waals surface area contributed by atoms with Gasteiger partial charge in [-0.1, -0.05) is 136 Å². The molecule has 0 rings (SSSR count). The number of aliphatic hydroxyl groups excluding tert-OH is 1. The first-order chi connectivity index (χ1) is 13.8. The summed E-state index contributed by atoms with van der Waals surface area (Å²) in [6.07, 6.45) is 29.5. The average molecular weight is 398 g/mol. The van der Waals surface area contributed by atoms with Gasteiger partial charge in [0.15, 0.2) is 0 Å². The van der Waals surface area contributed by atoms with Gasteiger partial charge < -0.3 is 5.11 Å². The second-order valence-electron chi connectivity index (χ2n) is 8.98. The van der Waals surface area contributed by atoms with Crippen molar-refractivity contribution in [2.24, 2.45) is 0 Å². The summed E-state index contributed by atoms with van der Waals surface area (Å²) in [7, 11) is 0. The Balaban J connectivity index is 3.12. The molecule has 0 heterocycles. The second kappa shape index (κ2) is 25.0. The van der Waals surface area contributed by atoms with E-state index in [1.807, 2.05) is 0 Å². The van der Waals surface area contributed by atoms with Crippen LogP contribution in [0.5, 0.6) is 0 Å². The highest BCUT2D eigenvalue weighted by Gasteiger charge is 2.02. The first-order valence-corrected chi connectivity index (χ1v) is 13.2. The van der Waals surface area contributed by atoms with E-state index in [-0.39, 0.29) is 6.23 Å². The minimum Gasteiger partial charge on any atom is -0.379 e. The normalized spacial score (nSPS) is 12.5. The summed E-state index contributed by atoms with van der Waals surface area (Å²) in [5.41, 5.74) is 0. The molecule has 0 fully saturated rings. The highest BCUT2D eigenvalue weighted by molar-refractivity contribution is 4.56. The van der Waals surface area contributed by atoms with E-state index < -0.39 is 0 Å². The van der Waals surface area contributed by atoms with Crippen molar-refractivity contribution in [3.63, 3.8) is 0 Å². The van der Waals surface area contributed by atoms with Crippen LogP contribution in [0.2, 0.25) is 0 Å². The molecule has 0 aromatic carbocycles. The van der Waals surface area contributed by atoms with E-state index in [9.17, 15) is 5.11 Å². The Morgan fingerprint density at radius 3 is 1.18 bits per heavy atom. The van der Waals surface area contributed by atoms with Gasteiger partial charge in [0.2, 0.25) is 0 Å². The lowest BCUT2D eigenvalue weighted by molar-refractivity contribution is 0.124. The largest absolute Gasteiger partial charge is 0.379 e. The first kappa shape index (κ1) is 27.9. The monoisotopic (exact) mass is 397 g/mol. The summed E-state index contributed by atoms with van der Waals surface area (Å²) in [6, 6.07) is 0. The van der Waals surface area contributed by atoms with Crippen molar-refractivity contribution in [1.29, 1.82) is 0 Å². The number of nitrogens with one attached hydrogen (secondary N) is 1. The first-order valence-electron chi connectivity index (χ1n) is 13.2. The summed E-state index contributed by atoms with van der Waals surface area (Å²) < 4.78 is 0. The molecule has 0 aliphatic carbocycles. The van der Waals surface area contributed by atoms with E-state index in [1.165, 1.54) is 135 Å². The lowest BCUT2D eigenvalue weighted by atomic mass is 10.0. The number of unbranched alkanes of at least 4 members (excludes halogenated alkanes) is 19. The van der Waals surface area contributed by atoms with Crippen LogP contribution in [0.1, 0.15) is 155 Å². The van der Waals surface area contributed by atoms with Crippen molar-refractivity contribution in [3.05, 3.63) is 0 Å². The predicted molar refractivity (Wildman–Crippen MR) is 127 cm³/mol. The fourth-order valence-corrected chi connectivity index (χ4v) is 3.99. The molecule has 1 atom stereocenters. The molecule has 1 unspecified atom stereocenters.